The van der Waals surface area contributed by atoms with Crippen molar-refractivity contribution in [3.63, 3.8) is 0 Å². The molecule has 0 heterocycles. The predicted molar refractivity (Wildman–Crippen MR) is 98.8 cm³/mol. The maximum Gasteiger partial charge on any atom is 0.306 e. The second-order valence-electron chi connectivity index (χ2n) is 6.45. The van der Waals surface area contributed by atoms with Crippen LogP contribution >= 0.6 is 0 Å². The smallest absolute Gasteiger partial charge is 0.306 e. The maximum atomic E-state index is 12.0. The number of ketones is 1. The van der Waals surface area contributed by atoms with Crippen LogP contribution in [0.1, 0.15) is 78.6 Å². The van der Waals surface area contributed by atoms with Crippen molar-refractivity contribution in [3.8, 4) is 0 Å². The van der Waals surface area contributed by atoms with Crippen molar-refractivity contribution in [1.29, 1.82) is 0 Å². The second kappa shape index (κ2) is 11.8. The van der Waals surface area contributed by atoms with Crippen LogP contribution in [-0.2, 0) is 14.3 Å². The normalized spacial score (nSPS) is 17.5. The lowest BCUT2D eigenvalue weighted by Gasteiger charge is -2.17. The van der Waals surface area contributed by atoms with Crippen LogP contribution in [0.3, 0.4) is 0 Å². The fourth-order valence-electron chi connectivity index (χ4n) is 2.77. The minimum atomic E-state index is -0.119. The summed E-state index contributed by atoms with van der Waals surface area (Å²) >= 11 is 0. The van der Waals surface area contributed by atoms with E-state index in [1.54, 1.807) is 0 Å². The molecule has 0 aromatic rings. The zero-order valence-corrected chi connectivity index (χ0v) is 15.5. The lowest BCUT2D eigenvalue weighted by Crippen LogP contribution is -2.18. The predicted octanol–water partition coefficient (Wildman–Crippen LogP) is 5.46. The molecule has 0 N–H and O–H groups in total. The van der Waals surface area contributed by atoms with Gasteiger partial charge in [0.25, 0.3) is 0 Å². The molecule has 3 nitrogen and oxygen atoms in total. The van der Waals surface area contributed by atoms with Crippen molar-refractivity contribution in [2.45, 2.75) is 84.7 Å². The van der Waals surface area contributed by atoms with Crippen LogP contribution in [0, 0.1) is 0 Å². The summed E-state index contributed by atoms with van der Waals surface area (Å²) in [7, 11) is 0. The summed E-state index contributed by atoms with van der Waals surface area (Å²) in [5.41, 5.74) is 1.67. The standard InChI is InChI=1S/C21H32O3/c1-4-6-8-10-12-20(22)24-19(11-9-7-5-2)16-15-18-14-13-17(3)21(18)23/h4,6,13,15,19H,5,7-12,14,16H2,1-3H3/b6-4-,18-15+. The first-order valence-corrected chi connectivity index (χ1v) is 9.29. The number of rotatable bonds is 11. The van der Waals surface area contributed by atoms with Crippen LogP contribution in [0.25, 0.3) is 0 Å². The number of hydrogen-bond donors (Lipinski definition) is 0. The first kappa shape index (κ1) is 20.4. The van der Waals surface area contributed by atoms with Crippen molar-refractivity contribution in [2.75, 3.05) is 0 Å². The molecule has 0 fully saturated rings. The van der Waals surface area contributed by atoms with Crippen molar-refractivity contribution in [3.05, 3.63) is 35.5 Å². The Kier molecular flexibility index (Phi) is 10.1. The van der Waals surface area contributed by atoms with Crippen LogP contribution in [0.2, 0.25) is 0 Å². The highest BCUT2D eigenvalue weighted by atomic mass is 16.5. The van der Waals surface area contributed by atoms with Crippen molar-refractivity contribution >= 4 is 11.8 Å². The van der Waals surface area contributed by atoms with Gasteiger partial charge < -0.3 is 4.74 Å². The van der Waals surface area contributed by atoms with Crippen molar-refractivity contribution in [1.82, 2.24) is 0 Å². The Morgan fingerprint density at radius 2 is 2.12 bits per heavy atom. The Hall–Kier alpha value is -1.64. The third-order valence-corrected chi connectivity index (χ3v) is 4.32. The first-order valence-electron chi connectivity index (χ1n) is 9.29. The summed E-state index contributed by atoms with van der Waals surface area (Å²) in [6.07, 6.45) is 15.7. The SMILES string of the molecule is C/C=C\CCCC(=O)OC(C/C=C1\CC=C(C)C1=O)CCCCC. The highest BCUT2D eigenvalue weighted by Gasteiger charge is 2.19. The number of hydrogen-bond acceptors (Lipinski definition) is 3. The summed E-state index contributed by atoms with van der Waals surface area (Å²) in [6, 6.07) is 0. The molecule has 0 saturated heterocycles. The molecule has 0 spiro atoms. The molecule has 24 heavy (non-hydrogen) atoms. The van der Waals surface area contributed by atoms with Crippen molar-refractivity contribution < 1.29 is 14.3 Å². The highest BCUT2D eigenvalue weighted by Crippen LogP contribution is 2.22. The average Bonchev–Trinajstić information content (AvgIpc) is 2.88. The molecule has 1 aliphatic carbocycles. The molecular formula is C21H32O3. The van der Waals surface area contributed by atoms with E-state index in [0.717, 1.165) is 49.7 Å². The van der Waals surface area contributed by atoms with E-state index in [1.165, 1.54) is 0 Å². The van der Waals surface area contributed by atoms with Crippen LogP contribution < -0.4 is 0 Å². The van der Waals surface area contributed by atoms with E-state index in [2.05, 4.69) is 13.0 Å². The van der Waals surface area contributed by atoms with Gasteiger partial charge in [0, 0.05) is 12.8 Å². The van der Waals surface area contributed by atoms with Gasteiger partial charge in [-0.3, -0.25) is 9.59 Å². The molecule has 134 valence electrons. The molecule has 0 bridgehead atoms. The monoisotopic (exact) mass is 332 g/mol. The number of ether oxygens (including phenoxy) is 1. The van der Waals surface area contributed by atoms with E-state index in [1.807, 2.05) is 32.1 Å². The third kappa shape index (κ3) is 7.76. The summed E-state index contributed by atoms with van der Waals surface area (Å²) in [4.78, 5) is 24.0. The number of esters is 1. The Morgan fingerprint density at radius 3 is 2.75 bits per heavy atom. The van der Waals surface area contributed by atoms with Gasteiger partial charge in [-0.1, -0.05) is 44.1 Å². The lowest BCUT2D eigenvalue weighted by atomic mass is 10.0. The molecule has 0 saturated carbocycles. The zero-order valence-electron chi connectivity index (χ0n) is 15.5. The minimum absolute atomic E-state index is 0.105. The van der Waals surface area contributed by atoms with E-state index < -0.39 is 0 Å². The van der Waals surface area contributed by atoms with Crippen LogP contribution in [0.15, 0.2) is 35.5 Å². The fraction of sp³-hybridized carbons (Fsp3) is 0.619. The third-order valence-electron chi connectivity index (χ3n) is 4.32. The van der Waals surface area contributed by atoms with Crippen molar-refractivity contribution in [2.24, 2.45) is 0 Å². The Bertz CT molecular complexity index is 497. The molecule has 1 unspecified atom stereocenters. The average molecular weight is 332 g/mol. The number of allylic oxidation sites excluding steroid dienone is 5. The molecular weight excluding hydrogens is 300 g/mol. The van der Waals surface area contributed by atoms with Crippen LogP contribution in [0.5, 0.6) is 0 Å². The fourth-order valence-corrected chi connectivity index (χ4v) is 2.77. The molecule has 0 amide bonds. The van der Waals surface area contributed by atoms with Gasteiger partial charge in [0.15, 0.2) is 5.78 Å². The zero-order chi connectivity index (χ0) is 17.8. The van der Waals surface area contributed by atoms with Gasteiger partial charge in [0.2, 0.25) is 0 Å². The maximum absolute atomic E-state index is 12.0. The van der Waals surface area contributed by atoms with Gasteiger partial charge in [-0.15, -0.1) is 0 Å². The summed E-state index contributed by atoms with van der Waals surface area (Å²) < 4.78 is 5.66. The summed E-state index contributed by atoms with van der Waals surface area (Å²) in [5, 5.41) is 0. The molecule has 0 aromatic heterocycles. The first-order chi connectivity index (χ1) is 11.6. The Balaban J connectivity index is 2.49. The summed E-state index contributed by atoms with van der Waals surface area (Å²) in [5.74, 6) is 0.0199. The van der Waals surface area contributed by atoms with E-state index in [-0.39, 0.29) is 17.9 Å². The number of unbranched alkanes of at least 4 members (excludes halogenated alkanes) is 3. The molecule has 3 heteroatoms. The molecule has 0 aliphatic heterocycles. The van der Waals surface area contributed by atoms with E-state index in [4.69, 9.17) is 4.74 Å². The minimum Gasteiger partial charge on any atom is -0.462 e. The Morgan fingerprint density at radius 1 is 1.33 bits per heavy atom. The van der Waals surface area contributed by atoms with Gasteiger partial charge >= 0.3 is 5.97 Å². The van der Waals surface area contributed by atoms with E-state index in [9.17, 15) is 9.59 Å². The van der Waals surface area contributed by atoms with Gasteiger partial charge in [-0.25, -0.2) is 0 Å². The molecule has 1 rings (SSSR count). The van der Waals surface area contributed by atoms with Crippen LogP contribution in [0.4, 0.5) is 0 Å². The number of carbonyl (C=O) groups excluding carboxylic acids is 2. The topological polar surface area (TPSA) is 43.4 Å². The lowest BCUT2D eigenvalue weighted by molar-refractivity contribution is -0.149. The molecule has 1 atom stereocenters. The Labute approximate surface area is 146 Å². The van der Waals surface area contributed by atoms with Gasteiger partial charge in [-0.2, -0.15) is 0 Å². The second-order valence-corrected chi connectivity index (χ2v) is 6.45. The van der Waals surface area contributed by atoms with Gasteiger partial charge in [0.1, 0.15) is 6.10 Å². The van der Waals surface area contributed by atoms with Crippen LogP contribution in [-0.4, -0.2) is 17.9 Å². The number of carbonyl (C=O) groups is 2. The summed E-state index contributed by atoms with van der Waals surface area (Å²) in [6.45, 7) is 6.00. The quantitative estimate of drug-likeness (QED) is 0.218. The van der Waals surface area contributed by atoms with Gasteiger partial charge in [-0.05, 0) is 57.1 Å². The molecule has 0 radical (unpaired) electrons. The molecule has 1 aliphatic rings. The largest absolute Gasteiger partial charge is 0.462 e. The highest BCUT2D eigenvalue weighted by molar-refractivity contribution is 6.10. The van der Waals surface area contributed by atoms with E-state index >= 15 is 0 Å². The van der Waals surface area contributed by atoms with E-state index in [0.29, 0.717) is 19.3 Å². The van der Waals surface area contributed by atoms with Gasteiger partial charge in [0.05, 0.1) is 0 Å². The number of Topliss-reactive ketones (excluding diaryl/α,β-unsaturated/α-hetero) is 1. The molecule has 0 aromatic carbocycles.